The molecule has 1 aromatic heterocycles. The minimum atomic E-state index is -0.139. The molecule has 7 heteroatoms. The highest BCUT2D eigenvalue weighted by Gasteiger charge is 2.22. The SMILES string of the molecule is COc1cccc(NC(=O)N2CCCN(C(=O)CCCc3cccs3)CC2)c1. The molecule has 1 aromatic carbocycles. The summed E-state index contributed by atoms with van der Waals surface area (Å²) < 4.78 is 5.19. The first-order valence-corrected chi connectivity index (χ1v) is 10.5. The monoisotopic (exact) mass is 401 g/mol. The van der Waals surface area contributed by atoms with Crippen LogP contribution in [0.25, 0.3) is 0 Å². The molecule has 0 bridgehead atoms. The molecular formula is C21H27N3O3S. The highest BCUT2D eigenvalue weighted by Crippen LogP contribution is 2.18. The van der Waals surface area contributed by atoms with Gasteiger partial charge in [0.1, 0.15) is 5.75 Å². The highest BCUT2D eigenvalue weighted by molar-refractivity contribution is 7.09. The van der Waals surface area contributed by atoms with Crippen LogP contribution in [-0.4, -0.2) is 55.0 Å². The van der Waals surface area contributed by atoms with Crippen molar-refractivity contribution in [2.75, 3.05) is 38.6 Å². The number of urea groups is 1. The van der Waals surface area contributed by atoms with Crippen LogP contribution < -0.4 is 10.1 Å². The number of methoxy groups -OCH3 is 1. The van der Waals surface area contributed by atoms with E-state index in [0.717, 1.165) is 19.3 Å². The fraction of sp³-hybridized carbons (Fsp3) is 0.429. The number of amides is 3. The van der Waals surface area contributed by atoms with Crippen molar-refractivity contribution in [1.29, 1.82) is 0 Å². The third kappa shape index (κ3) is 5.73. The molecule has 1 saturated heterocycles. The summed E-state index contributed by atoms with van der Waals surface area (Å²) in [6, 6.07) is 11.3. The minimum absolute atomic E-state index is 0.139. The van der Waals surface area contributed by atoms with Gasteiger partial charge in [0.15, 0.2) is 0 Å². The quantitative estimate of drug-likeness (QED) is 0.800. The number of hydrogen-bond acceptors (Lipinski definition) is 4. The van der Waals surface area contributed by atoms with Crippen LogP contribution in [0.1, 0.15) is 24.1 Å². The number of carbonyl (C=O) groups excluding carboxylic acids is 2. The summed E-state index contributed by atoms with van der Waals surface area (Å²) in [6.45, 7) is 2.49. The number of benzene rings is 1. The van der Waals surface area contributed by atoms with Crippen LogP contribution in [0.2, 0.25) is 0 Å². The zero-order valence-electron chi connectivity index (χ0n) is 16.2. The molecule has 0 atom stereocenters. The summed E-state index contributed by atoms with van der Waals surface area (Å²) in [5.74, 6) is 0.889. The Morgan fingerprint density at radius 1 is 1.11 bits per heavy atom. The first-order chi connectivity index (χ1) is 13.7. The van der Waals surface area contributed by atoms with E-state index in [0.29, 0.717) is 44.0 Å². The van der Waals surface area contributed by atoms with Crippen LogP contribution in [0.15, 0.2) is 41.8 Å². The Bertz CT molecular complexity index is 779. The standard InChI is InChI=1S/C21H27N3O3S/c1-27-18-7-2-6-17(16-18)22-21(26)24-12-5-11-23(13-14-24)20(25)10-3-8-19-9-4-15-28-19/h2,4,6-7,9,15-16H,3,5,8,10-14H2,1H3,(H,22,26). The van der Waals surface area contributed by atoms with Crippen LogP contribution >= 0.6 is 11.3 Å². The van der Waals surface area contributed by atoms with Gasteiger partial charge < -0.3 is 19.9 Å². The lowest BCUT2D eigenvalue weighted by Crippen LogP contribution is -2.39. The van der Waals surface area contributed by atoms with Gasteiger partial charge in [-0.05, 0) is 42.8 Å². The maximum atomic E-state index is 12.6. The molecule has 2 heterocycles. The number of thiophene rings is 1. The molecule has 150 valence electrons. The van der Waals surface area contributed by atoms with Gasteiger partial charge in [0.05, 0.1) is 7.11 Å². The lowest BCUT2D eigenvalue weighted by Gasteiger charge is -2.22. The first-order valence-electron chi connectivity index (χ1n) is 9.66. The molecular weight excluding hydrogens is 374 g/mol. The Kier molecular flexibility index (Phi) is 7.31. The fourth-order valence-corrected chi connectivity index (χ4v) is 4.05. The molecule has 1 aliphatic rings. The average molecular weight is 402 g/mol. The molecule has 1 aliphatic heterocycles. The van der Waals surface area contributed by atoms with Crippen LogP contribution in [0.4, 0.5) is 10.5 Å². The Labute approximate surface area is 170 Å². The van der Waals surface area contributed by atoms with Gasteiger partial charge >= 0.3 is 6.03 Å². The molecule has 0 radical (unpaired) electrons. The fourth-order valence-electron chi connectivity index (χ4n) is 3.30. The summed E-state index contributed by atoms with van der Waals surface area (Å²) in [5, 5.41) is 4.98. The second-order valence-corrected chi connectivity index (χ2v) is 7.85. The predicted molar refractivity (Wildman–Crippen MR) is 112 cm³/mol. The summed E-state index contributed by atoms with van der Waals surface area (Å²) in [7, 11) is 1.60. The lowest BCUT2D eigenvalue weighted by molar-refractivity contribution is -0.131. The molecule has 1 fully saturated rings. The van der Waals surface area contributed by atoms with E-state index in [4.69, 9.17) is 4.74 Å². The molecule has 3 amide bonds. The molecule has 0 saturated carbocycles. The Balaban J connectivity index is 1.45. The normalized spacial score (nSPS) is 14.5. The van der Waals surface area contributed by atoms with Crippen molar-refractivity contribution in [2.45, 2.75) is 25.7 Å². The van der Waals surface area contributed by atoms with Gasteiger partial charge in [-0.15, -0.1) is 11.3 Å². The van der Waals surface area contributed by atoms with E-state index in [2.05, 4.69) is 16.8 Å². The average Bonchev–Trinajstić information content (AvgIpc) is 3.09. The second kappa shape index (κ2) is 10.1. The molecule has 0 unspecified atom stereocenters. The van der Waals surface area contributed by atoms with Crippen molar-refractivity contribution in [3.63, 3.8) is 0 Å². The van der Waals surface area contributed by atoms with E-state index in [1.807, 2.05) is 29.2 Å². The van der Waals surface area contributed by atoms with Crippen molar-refractivity contribution >= 4 is 29.0 Å². The van der Waals surface area contributed by atoms with Crippen LogP contribution in [0, 0.1) is 0 Å². The first kappa shape index (κ1) is 20.2. The van der Waals surface area contributed by atoms with Gasteiger partial charge in [-0.2, -0.15) is 0 Å². The number of nitrogens with zero attached hydrogens (tertiary/aromatic N) is 2. The van der Waals surface area contributed by atoms with Crippen molar-refractivity contribution in [1.82, 2.24) is 9.80 Å². The molecule has 2 aromatic rings. The summed E-state index contributed by atoms with van der Waals surface area (Å²) in [6.07, 6.45) is 3.18. The number of aryl methyl sites for hydroxylation is 1. The minimum Gasteiger partial charge on any atom is -0.497 e. The van der Waals surface area contributed by atoms with Gasteiger partial charge in [0.2, 0.25) is 5.91 Å². The van der Waals surface area contributed by atoms with E-state index in [1.165, 1.54) is 4.88 Å². The van der Waals surface area contributed by atoms with Crippen LogP contribution in [-0.2, 0) is 11.2 Å². The molecule has 6 nitrogen and oxygen atoms in total. The summed E-state index contributed by atoms with van der Waals surface area (Å²) in [5.41, 5.74) is 0.704. The second-order valence-electron chi connectivity index (χ2n) is 6.82. The Hall–Kier alpha value is -2.54. The van der Waals surface area contributed by atoms with Gasteiger partial charge in [-0.1, -0.05) is 12.1 Å². The Morgan fingerprint density at radius 3 is 2.71 bits per heavy atom. The van der Waals surface area contributed by atoms with Crippen LogP contribution in [0.5, 0.6) is 5.75 Å². The van der Waals surface area contributed by atoms with Crippen molar-refractivity contribution in [2.24, 2.45) is 0 Å². The molecule has 0 spiro atoms. The van der Waals surface area contributed by atoms with Gasteiger partial charge in [0.25, 0.3) is 0 Å². The number of nitrogens with one attached hydrogen (secondary N) is 1. The number of ether oxygens (including phenoxy) is 1. The third-order valence-electron chi connectivity index (χ3n) is 4.85. The zero-order chi connectivity index (χ0) is 19.8. The van der Waals surface area contributed by atoms with E-state index in [9.17, 15) is 9.59 Å². The van der Waals surface area contributed by atoms with E-state index < -0.39 is 0 Å². The molecule has 3 rings (SSSR count). The predicted octanol–water partition coefficient (Wildman–Crippen LogP) is 3.85. The Morgan fingerprint density at radius 2 is 1.93 bits per heavy atom. The topological polar surface area (TPSA) is 61.9 Å². The number of anilines is 1. The number of carbonyl (C=O) groups is 2. The van der Waals surface area contributed by atoms with Crippen molar-refractivity contribution < 1.29 is 14.3 Å². The van der Waals surface area contributed by atoms with Crippen molar-refractivity contribution in [3.8, 4) is 5.75 Å². The largest absolute Gasteiger partial charge is 0.497 e. The van der Waals surface area contributed by atoms with Gasteiger partial charge in [-0.3, -0.25) is 4.79 Å². The third-order valence-corrected chi connectivity index (χ3v) is 5.79. The molecule has 28 heavy (non-hydrogen) atoms. The van der Waals surface area contributed by atoms with E-state index in [1.54, 1.807) is 29.4 Å². The lowest BCUT2D eigenvalue weighted by atomic mass is 10.2. The van der Waals surface area contributed by atoms with E-state index >= 15 is 0 Å². The van der Waals surface area contributed by atoms with Crippen LogP contribution in [0.3, 0.4) is 0 Å². The zero-order valence-corrected chi connectivity index (χ0v) is 17.0. The van der Waals surface area contributed by atoms with Crippen molar-refractivity contribution in [3.05, 3.63) is 46.7 Å². The smallest absolute Gasteiger partial charge is 0.321 e. The summed E-state index contributed by atoms with van der Waals surface area (Å²) >= 11 is 1.74. The summed E-state index contributed by atoms with van der Waals surface area (Å²) in [4.78, 5) is 30.1. The maximum absolute atomic E-state index is 12.6. The number of rotatable bonds is 6. The van der Waals surface area contributed by atoms with Gasteiger partial charge in [-0.25, -0.2) is 4.79 Å². The highest BCUT2D eigenvalue weighted by atomic mass is 32.1. The van der Waals surface area contributed by atoms with E-state index in [-0.39, 0.29) is 11.9 Å². The molecule has 1 N–H and O–H groups in total. The van der Waals surface area contributed by atoms with Gasteiger partial charge in [0, 0.05) is 49.2 Å². The molecule has 0 aliphatic carbocycles. The maximum Gasteiger partial charge on any atom is 0.321 e. The number of hydrogen-bond donors (Lipinski definition) is 1.